The molecule has 0 aromatic carbocycles. The molecule has 0 spiro atoms. The van der Waals surface area contributed by atoms with Crippen molar-refractivity contribution in [3.63, 3.8) is 0 Å². The standard InChI is InChI=1S/C8H10BrN3O/c9-4-3-8(13)10-6-7-2-1-5-11-12-7/h1-2,5H,3-4,6H2,(H,10,13). The van der Waals surface area contributed by atoms with Gasteiger partial charge in [-0.25, -0.2) is 0 Å². The first-order valence-corrected chi connectivity index (χ1v) is 5.04. The molecular formula is C8H10BrN3O. The van der Waals surface area contributed by atoms with Gasteiger partial charge in [-0.2, -0.15) is 10.2 Å². The average molecular weight is 244 g/mol. The fourth-order valence-corrected chi connectivity index (χ4v) is 1.15. The quantitative estimate of drug-likeness (QED) is 0.800. The van der Waals surface area contributed by atoms with Crippen molar-refractivity contribution < 1.29 is 4.79 Å². The average Bonchev–Trinajstić information content (AvgIpc) is 2.17. The summed E-state index contributed by atoms with van der Waals surface area (Å²) >= 11 is 3.19. The number of carbonyl (C=O) groups excluding carboxylic acids is 1. The van der Waals surface area contributed by atoms with Crippen LogP contribution in [0, 0.1) is 0 Å². The molecule has 70 valence electrons. The Bertz CT molecular complexity index is 265. The maximum Gasteiger partial charge on any atom is 0.221 e. The molecule has 4 nitrogen and oxygen atoms in total. The summed E-state index contributed by atoms with van der Waals surface area (Å²) in [6.45, 7) is 0.444. The first kappa shape index (κ1) is 10.1. The van der Waals surface area contributed by atoms with Gasteiger partial charge in [-0.15, -0.1) is 0 Å². The third-order valence-electron chi connectivity index (χ3n) is 1.42. The van der Waals surface area contributed by atoms with Crippen molar-refractivity contribution in [1.82, 2.24) is 15.5 Å². The normalized spacial score (nSPS) is 9.62. The molecule has 0 aliphatic carbocycles. The van der Waals surface area contributed by atoms with Crippen LogP contribution in [0.15, 0.2) is 18.3 Å². The van der Waals surface area contributed by atoms with Gasteiger partial charge in [0.05, 0.1) is 12.2 Å². The fourth-order valence-electron chi connectivity index (χ4n) is 0.791. The predicted molar refractivity (Wildman–Crippen MR) is 52.3 cm³/mol. The Kier molecular flexibility index (Phi) is 4.39. The topological polar surface area (TPSA) is 54.9 Å². The van der Waals surface area contributed by atoms with Crippen LogP contribution in [-0.2, 0) is 11.3 Å². The second-order valence-corrected chi connectivity index (χ2v) is 3.22. The smallest absolute Gasteiger partial charge is 0.221 e. The number of alkyl halides is 1. The van der Waals surface area contributed by atoms with E-state index >= 15 is 0 Å². The van der Waals surface area contributed by atoms with Crippen molar-refractivity contribution in [1.29, 1.82) is 0 Å². The summed E-state index contributed by atoms with van der Waals surface area (Å²) < 4.78 is 0. The number of rotatable bonds is 4. The Balaban J connectivity index is 2.31. The number of aromatic nitrogens is 2. The number of carbonyl (C=O) groups is 1. The Morgan fingerprint density at radius 3 is 3.08 bits per heavy atom. The van der Waals surface area contributed by atoms with E-state index in [1.165, 1.54) is 0 Å². The van der Waals surface area contributed by atoms with Gasteiger partial charge in [0.15, 0.2) is 0 Å². The van der Waals surface area contributed by atoms with Crippen LogP contribution in [0.5, 0.6) is 0 Å². The van der Waals surface area contributed by atoms with E-state index < -0.39 is 0 Å². The van der Waals surface area contributed by atoms with Crippen LogP contribution in [0.4, 0.5) is 0 Å². The van der Waals surface area contributed by atoms with Crippen molar-refractivity contribution in [2.24, 2.45) is 0 Å². The monoisotopic (exact) mass is 243 g/mol. The van der Waals surface area contributed by atoms with Crippen LogP contribution in [0.3, 0.4) is 0 Å². The lowest BCUT2D eigenvalue weighted by Gasteiger charge is -2.01. The largest absolute Gasteiger partial charge is 0.350 e. The number of amides is 1. The zero-order chi connectivity index (χ0) is 9.52. The lowest BCUT2D eigenvalue weighted by atomic mass is 10.3. The summed E-state index contributed by atoms with van der Waals surface area (Å²) in [6, 6.07) is 3.61. The molecule has 1 N–H and O–H groups in total. The number of nitrogens with one attached hydrogen (secondary N) is 1. The molecular weight excluding hydrogens is 234 g/mol. The van der Waals surface area contributed by atoms with Gasteiger partial charge in [-0.1, -0.05) is 15.9 Å². The molecule has 0 fully saturated rings. The summed E-state index contributed by atoms with van der Waals surface area (Å²) in [4.78, 5) is 11.0. The first-order chi connectivity index (χ1) is 6.33. The SMILES string of the molecule is O=C(CCBr)NCc1cccnn1. The van der Waals surface area contributed by atoms with Gasteiger partial charge in [0.2, 0.25) is 5.91 Å². The van der Waals surface area contributed by atoms with Gasteiger partial charge < -0.3 is 5.32 Å². The minimum atomic E-state index is 0.0162. The highest BCUT2D eigenvalue weighted by Crippen LogP contribution is 1.91. The highest BCUT2D eigenvalue weighted by Gasteiger charge is 1.99. The van der Waals surface area contributed by atoms with E-state index in [0.717, 1.165) is 5.69 Å². The third-order valence-corrected chi connectivity index (χ3v) is 1.81. The van der Waals surface area contributed by atoms with Crippen LogP contribution in [-0.4, -0.2) is 21.4 Å². The third kappa shape index (κ3) is 3.98. The zero-order valence-corrected chi connectivity index (χ0v) is 8.62. The Morgan fingerprint density at radius 2 is 2.46 bits per heavy atom. The van der Waals surface area contributed by atoms with Gasteiger partial charge in [0.25, 0.3) is 0 Å². The summed E-state index contributed by atoms with van der Waals surface area (Å²) in [7, 11) is 0. The van der Waals surface area contributed by atoms with Crippen molar-refractivity contribution in [3.8, 4) is 0 Å². The molecule has 1 aromatic heterocycles. The summed E-state index contributed by atoms with van der Waals surface area (Å²) in [6.07, 6.45) is 2.09. The van der Waals surface area contributed by atoms with E-state index in [9.17, 15) is 4.79 Å². The van der Waals surface area contributed by atoms with E-state index in [1.54, 1.807) is 12.3 Å². The van der Waals surface area contributed by atoms with E-state index in [0.29, 0.717) is 18.3 Å². The molecule has 1 heterocycles. The van der Waals surface area contributed by atoms with E-state index in [2.05, 4.69) is 31.4 Å². The summed E-state index contributed by atoms with van der Waals surface area (Å²) in [5.74, 6) is 0.0162. The molecule has 1 amide bonds. The van der Waals surface area contributed by atoms with Crippen molar-refractivity contribution >= 4 is 21.8 Å². The van der Waals surface area contributed by atoms with Gasteiger partial charge in [0.1, 0.15) is 0 Å². The van der Waals surface area contributed by atoms with Gasteiger partial charge in [-0.3, -0.25) is 4.79 Å². The Morgan fingerprint density at radius 1 is 1.62 bits per heavy atom. The van der Waals surface area contributed by atoms with Crippen LogP contribution < -0.4 is 5.32 Å². The molecule has 0 aliphatic heterocycles. The lowest BCUT2D eigenvalue weighted by Crippen LogP contribution is -2.23. The van der Waals surface area contributed by atoms with E-state index in [-0.39, 0.29) is 5.91 Å². The zero-order valence-electron chi connectivity index (χ0n) is 7.03. The summed E-state index contributed by atoms with van der Waals surface area (Å²) in [5.41, 5.74) is 0.769. The number of hydrogen-bond acceptors (Lipinski definition) is 3. The molecule has 5 heteroatoms. The van der Waals surface area contributed by atoms with Crippen LogP contribution in [0.25, 0.3) is 0 Å². The molecule has 13 heavy (non-hydrogen) atoms. The molecule has 0 atom stereocenters. The molecule has 0 radical (unpaired) electrons. The highest BCUT2D eigenvalue weighted by molar-refractivity contribution is 9.09. The highest BCUT2D eigenvalue weighted by atomic mass is 79.9. The lowest BCUT2D eigenvalue weighted by molar-refractivity contribution is -0.120. The maximum atomic E-state index is 11.0. The van der Waals surface area contributed by atoms with Gasteiger partial charge in [-0.05, 0) is 12.1 Å². The molecule has 1 aromatic rings. The molecule has 0 saturated heterocycles. The minimum Gasteiger partial charge on any atom is -0.350 e. The van der Waals surface area contributed by atoms with E-state index in [1.807, 2.05) is 6.07 Å². The Labute approximate surface area is 84.9 Å². The number of nitrogens with zero attached hydrogens (tertiary/aromatic N) is 2. The molecule has 0 bridgehead atoms. The van der Waals surface area contributed by atoms with Crippen LogP contribution in [0.1, 0.15) is 12.1 Å². The van der Waals surface area contributed by atoms with Crippen molar-refractivity contribution in [3.05, 3.63) is 24.0 Å². The minimum absolute atomic E-state index is 0.0162. The van der Waals surface area contributed by atoms with Gasteiger partial charge in [0, 0.05) is 17.9 Å². The van der Waals surface area contributed by atoms with Crippen LogP contribution in [0.2, 0.25) is 0 Å². The van der Waals surface area contributed by atoms with Gasteiger partial charge >= 0.3 is 0 Å². The first-order valence-electron chi connectivity index (χ1n) is 3.92. The molecule has 0 unspecified atom stereocenters. The molecule has 0 aliphatic rings. The number of halogens is 1. The maximum absolute atomic E-state index is 11.0. The molecule has 0 saturated carbocycles. The van der Waals surface area contributed by atoms with E-state index in [4.69, 9.17) is 0 Å². The van der Waals surface area contributed by atoms with Crippen molar-refractivity contribution in [2.75, 3.05) is 5.33 Å². The Hall–Kier alpha value is -0.970. The number of hydrogen-bond donors (Lipinski definition) is 1. The second-order valence-electron chi connectivity index (χ2n) is 2.43. The fraction of sp³-hybridized carbons (Fsp3) is 0.375. The molecule has 1 rings (SSSR count). The second kappa shape index (κ2) is 5.64. The van der Waals surface area contributed by atoms with Crippen LogP contribution >= 0.6 is 15.9 Å². The predicted octanol–water partition coefficient (Wildman–Crippen LogP) is 0.878. The van der Waals surface area contributed by atoms with Crippen molar-refractivity contribution in [2.45, 2.75) is 13.0 Å². The summed E-state index contributed by atoms with van der Waals surface area (Å²) in [5, 5.41) is 10.9.